The van der Waals surface area contributed by atoms with E-state index in [0.717, 1.165) is 32.1 Å². The number of hydrogen-bond donors (Lipinski definition) is 2. The summed E-state index contributed by atoms with van der Waals surface area (Å²) in [6.07, 6.45) is 5.60. The van der Waals surface area contributed by atoms with Crippen LogP contribution in [0.3, 0.4) is 0 Å². The quantitative estimate of drug-likeness (QED) is 0.405. The Hall–Kier alpha value is -1.14. The van der Waals surface area contributed by atoms with Gasteiger partial charge in [-0.1, -0.05) is 12.8 Å². The largest absolute Gasteiger partial charge is 0.481 e. The van der Waals surface area contributed by atoms with Gasteiger partial charge in [-0.15, -0.1) is 0 Å². The van der Waals surface area contributed by atoms with Crippen molar-refractivity contribution in [3.05, 3.63) is 0 Å². The van der Waals surface area contributed by atoms with Crippen LogP contribution in [0.15, 0.2) is 0 Å². The number of rotatable bonds is 16. The number of hydrogen-bond acceptors (Lipinski definition) is 4. The third-order valence-corrected chi connectivity index (χ3v) is 4.42. The van der Waals surface area contributed by atoms with Crippen molar-refractivity contribution in [3.8, 4) is 0 Å². The molecular formula is C19H36O6. The summed E-state index contributed by atoms with van der Waals surface area (Å²) in [7, 11) is 0. The van der Waals surface area contributed by atoms with Gasteiger partial charge >= 0.3 is 11.9 Å². The van der Waals surface area contributed by atoms with Crippen LogP contribution in [0.1, 0.15) is 72.6 Å². The summed E-state index contributed by atoms with van der Waals surface area (Å²) in [4.78, 5) is 21.9. The van der Waals surface area contributed by atoms with Crippen LogP contribution in [0.25, 0.3) is 0 Å². The maximum absolute atomic E-state index is 11.0. The zero-order chi connectivity index (χ0) is 19.3. The fraction of sp³-hybridized carbons (Fsp3) is 0.895. The first-order valence-corrected chi connectivity index (χ1v) is 9.22. The minimum absolute atomic E-state index is 0.647. The van der Waals surface area contributed by atoms with Crippen LogP contribution in [0.5, 0.6) is 0 Å². The average molecular weight is 360 g/mol. The molecule has 6 nitrogen and oxygen atoms in total. The van der Waals surface area contributed by atoms with Crippen molar-refractivity contribution >= 4 is 11.9 Å². The van der Waals surface area contributed by atoms with Gasteiger partial charge in [-0.2, -0.15) is 0 Å². The van der Waals surface area contributed by atoms with E-state index in [9.17, 15) is 9.59 Å². The molecule has 0 spiro atoms. The Kier molecular flexibility index (Phi) is 11.7. The summed E-state index contributed by atoms with van der Waals surface area (Å²) >= 11 is 0. The molecule has 0 radical (unpaired) electrons. The summed E-state index contributed by atoms with van der Waals surface area (Å²) in [5, 5.41) is 18.0. The van der Waals surface area contributed by atoms with Crippen molar-refractivity contribution in [1.29, 1.82) is 0 Å². The highest BCUT2D eigenvalue weighted by molar-refractivity contribution is 5.73. The summed E-state index contributed by atoms with van der Waals surface area (Å²) < 4.78 is 11.0. The number of aliphatic carboxylic acids is 2. The Labute approximate surface area is 151 Å². The molecule has 0 heterocycles. The van der Waals surface area contributed by atoms with Crippen molar-refractivity contribution in [3.63, 3.8) is 0 Å². The number of ether oxygens (including phenoxy) is 2. The lowest BCUT2D eigenvalue weighted by atomic mass is 9.87. The third kappa shape index (κ3) is 11.9. The SMILES string of the molecule is CC(C)(CCCCOCCCOCCCCC(C)(C)C(=O)O)C(=O)O. The van der Waals surface area contributed by atoms with Gasteiger partial charge in [-0.05, 0) is 59.8 Å². The van der Waals surface area contributed by atoms with E-state index in [1.807, 2.05) is 0 Å². The summed E-state index contributed by atoms with van der Waals surface area (Å²) in [5.74, 6) is -1.51. The van der Waals surface area contributed by atoms with Crippen molar-refractivity contribution in [2.24, 2.45) is 10.8 Å². The molecule has 0 aromatic carbocycles. The average Bonchev–Trinajstić information content (AvgIpc) is 2.51. The lowest BCUT2D eigenvalue weighted by Crippen LogP contribution is -2.23. The Morgan fingerprint density at radius 2 is 0.960 bits per heavy atom. The second kappa shape index (κ2) is 12.3. The zero-order valence-electron chi connectivity index (χ0n) is 16.3. The number of carbonyl (C=O) groups is 2. The number of carboxylic acid groups (broad SMARTS) is 2. The smallest absolute Gasteiger partial charge is 0.309 e. The molecule has 0 aliphatic rings. The van der Waals surface area contributed by atoms with Gasteiger partial charge in [0.2, 0.25) is 0 Å². The molecule has 25 heavy (non-hydrogen) atoms. The van der Waals surface area contributed by atoms with E-state index >= 15 is 0 Å². The number of unbranched alkanes of at least 4 members (excludes halogenated alkanes) is 2. The summed E-state index contributed by atoms with van der Waals surface area (Å²) in [5.41, 5.74) is -1.32. The second-order valence-corrected chi connectivity index (χ2v) is 7.87. The van der Waals surface area contributed by atoms with E-state index in [1.165, 1.54) is 0 Å². The Morgan fingerprint density at radius 1 is 0.640 bits per heavy atom. The molecule has 6 heteroatoms. The standard InChI is InChI=1S/C19H36O6/c1-18(2,16(20)21)10-5-7-12-24-14-9-15-25-13-8-6-11-19(3,4)17(22)23/h5-15H2,1-4H3,(H,20,21)(H,22,23). The maximum Gasteiger partial charge on any atom is 0.309 e. The molecule has 0 aromatic rings. The van der Waals surface area contributed by atoms with Crippen LogP contribution in [0, 0.1) is 10.8 Å². The van der Waals surface area contributed by atoms with Crippen LogP contribution in [-0.2, 0) is 19.1 Å². The topological polar surface area (TPSA) is 93.1 Å². The first kappa shape index (κ1) is 23.9. The predicted molar refractivity (Wildman–Crippen MR) is 96.8 cm³/mol. The minimum Gasteiger partial charge on any atom is -0.481 e. The van der Waals surface area contributed by atoms with E-state index in [1.54, 1.807) is 27.7 Å². The molecular weight excluding hydrogens is 324 g/mol. The van der Waals surface area contributed by atoms with Gasteiger partial charge in [-0.3, -0.25) is 9.59 Å². The third-order valence-electron chi connectivity index (χ3n) is 4.42. The molecule has 2 N–H and O–H groups in total. The van der Waals surface area contributed by atoms with Crippen LogP contribution >= 0.6 is 0 Å². The maximum atomic E-state index is 11.0. The lowest BCUT2D eigenvalue weighted by Gasteiger charge is -2.18. The molecule has 0 amide bonds. The van der Waals surface area contributed by atoms with Gasteiger partial charge in [0.1, 0.15) is 0 Å². The van der Waals surface area contributed by atoms with Crippen LogP contribution in [-0.4, -0.2) is 48.6 Å². The monoisotopic (exact) mass is 360 g/mol. The van der Waals surface area contributed by atoms with Gasteiger partial charge in [0.25, 0.3) is 0 Å². The minimum atomic E-state index is -0.753. The van der Waals surface area contributed by atoms with Crippen LogP contribution in [0.2, 0.25) is 0 Å². The van der Waals surface area contributed by atoms with Crippen molar-refractivity contribution in [2.75, 3.05) is 26.4 Å². The molecule has 148 valence electrons. The van der Waals surface area contributed by atoms with Gasteiger partial charge in [-0.25, -0.2) is 0 Å². The normalized spacial score (nSPS) is 12.3. The molecule has 0 saturated heterocycles. The first-order valence-electron chi connectivity index (χ1n) is 9.22. The summed E-state index contributed by atoms with van der Waals surface area (Å²) in [6, 6.07) is 0. The van der Waals surface area contributed by atoms with Gasteiger partial charge in [0, 0.05) is 26.4 Å². The molecule has 0 atom stereocenters. The molecule has 0 saturated carbocycles. The van der Waals surface area contributed by atoms with Gasteiger partial charge < -0.3 is 19.7 Å². The highest BCUT2D eigenvalue weighted by Crippen LogP contribution is 2.23. The van der Waals surface area contributed by atoms with Gasteiger partial charge in [0.05, 0.1) is 10.8 Å². The lowest BCUT2D eigenvalue weighted by molar-refractivity contribution is -0.148. The van der Waals surface area contributed by atoms with Crippen molar-refractivity contribution < 1.29 is 29.3 Å². The van der Waals surface area contributed by atoms with E-state index in [2.05, 4.69) is 0 Å². The Morgan fingerprint density at radius 3 is 1.28 bits per heavy atom. The van der Waals surface area contributed by atoms with E-state index in [4.69, 9.17) is 19.7 Å². The molecule has 0 aromatic heterocycles. The number of carboxylic acids is 2. The fourth-order valence-corrected chi connectivity index (χ4v) is 2.22. The molecule has 0 unspecified atom stereocenters. The molecule has 0 bridgehead atoms. The van der Waals surface area contributed by atoms with E-state index in [-0.39, 0.29) is 0 Å². The first-order chi connectivity index (χ1) is 11.6. The highest BCUT2D eigenvalue weighted by atomic mass is 16.5. The van der Waals surface area contributed by atoms with Crippen LogP contribution < -0.4 is 0 Å². The molecule has 0 rings (SSSR count). The summed E-state index contributed by atoms with van der Waals surface area (Å²) in [6.45, 7) is 9.58. The highest BCUT2D eigenvalue weighted by Gasteiger charge is 2.26. The Bertz CT molecular complexity index is 353. The Balaban J connectivity index is 3.35. The second-order valence-electron chi connectivity index (χ2n) is 7.87. The van der Waals surface area contributed by atoms with Gasteiger partial charge in [0.15, 0.2) is 0 Å². The zero-order valence-corrected chi connectivity index (χ0v) is 16.3. The molecule has 0 aliphatic heterocycles. The molecule has 0 fully saturated rings. The van der Waals surface area contributed by atoms with Crippen molar-refractivity contribution in [2.45, 2.75) is 72.6 Å². The van der Waals surface area contributed by atoms with E-state index in [0.29, 0.717) is 39.3 Å². The fourth-order valence-electron chi connectivity index (χ4n) is 2.22. The van der Waals surface area contributed by atoms with E-state index < -0.39 is 22.8 Å². The van der Waals surface area contributed by atoms with Crippen LogP contribution in [0.4, 0.5) is 0 Å². The van der Waals surface area contributed by atoms with Crippen molar-refractivity contribution in [1.82, 2.24) is 0 Å². The molecule has 0 aliphatic carbocycles. The predicted octanol–water partition coefficient (Wildman–Crippen LogP) is 3.97.